The molecule has 0 fully saturated rings. The van der Waals surface area contributed by atoms with Crippen LogP contribution in [-0.4, -0.2) is 32.7 Å². The third-order valence-corrected chi connectivity index (χ3v) is 4.00. The molecule has 0 aliphatic heterocycles. The summed E-state index contributed by atoms with van der Waals surface area (Å²) in [6, 6.07) is 13.8. The number of hydrogen-bond acceptors (Lipinski definition) is 5. The number of benzene rings is 1. The van der Waals surface area contributed by atoms with E-state index in [1.807, 2.05) is 18.2 Å². The number of pyridine rings is 1. The summed E-state index contributed by atoms with van der Waals surface area (Å²) in [5.41, 5.74) is 2.95. The highest BCUT2D eigenvalue weighted by Gasteiger charge is 2.13. The third-order valence-electron chi connectivity index (χ3n) is 4.00. The summed E-state index contributed by atoms with van der Waals surface area (Å²) in [7, 11) is 1.49. The van der Waals surface area contributed by atoms with Crippen LogP contribution in [-0.2, 0) is 0 Å². The highest BCUT2D eigenvalue weighted by atomic mass is 16.5. The second-order valence-corrected chi connectivity index (χ2v) is 5.70. The molecule has 1 amide bonds. The number of fused-ring (bicyclic) bond motifs is 1. The van der Waals surface area contributed by atoms with Crippen LogP contribution >= 0.6 is 0 Å². The first-order valence-electron chi connectivity index (χ1n) is 8.18. The van der Waals surface area contributed by atoms with E-state index in [0.717, 1.165) is 16.8 Å². The summed E-state index contributed by atoms with van der Waals surface area (Å²) < 4.78 is 6.43. The van der Waals surface area contributed by atoms with Crippen LogP contribution in [0, 0.1) is 0 Å². The first-order chi connectivity index (χ1) is 13.2. The molecule has 3 heterocycles. The second-order valence-electron chi connectivity index (χ2n) is 5.70. The van der Waals surface area contributed by atoms with E-state index in [1.165, 1.54) is 17.6 Å². The molecule has 0 saturated heterocycles. The number of amides is 1. The number of rotatable bonds is 3. The van der Waals surface area contributed by atoms with Gasteiger partial charge in [0, 0.05) is 31.1 Å². The van der Waals surface area contributed by atoms with Gasteiger partial charge in [0.05, 0.1) is 17.0 Å². The number of nitrogens with zero attached hydrogens (tertiary/aromatic N) is 3. The lowest BCUT2D eigenvalue weighted by Crippen LogP contribution is -2.21. The predicted molar refractivity (Wildman–Crippen MR) is 99.6 cm³/mol. The molecule has 3 aromatic heterocycles. The van der Waals surface area contributed by atoms with Crippen LogP contribution < -0.4 is 15.6 Å². The van der Waals surface area contributed by atoms with Crippen molar-refractivity contribution < 1.29 is 9.53 Å². The summed E-state index contributed by atoms with van der Waals surface area (Å²) >= 11 is 0. The van der Waals surface area contributed by atoms with E-state index in [4.69, 9.17) is 4.74 Å². The van der Waals surface area contributed by atoms with Gasteiger partial charge in [-0.2, -0.15) is 0 Å². The summed E-state index contributed by atoms with van der Waals surface area (Å²) in [4.78, 5) is 32.7. The monoisotopic (exact) mass is 361 g/mol. The van der Waals surface area contributed by atoms with E-state index >= 15 is 0 Å². The number of H-pyrrole nitrogens is 1. The van der Waals surface area contributed by atoms with Gasteiger partial charge in [-0.05, 0) is 36.4 Å². The minimum Gasteiger partial charge on any atom is -0.410 e. The van der Waals surface area contributed by atoms with Crippen molar-refractivity contribution in [3.05, 3.63) is 71.3 Å². The van der Waals surface area contributed by atoms with Gasteiger partial charge in [-0.1, -0.05) is 6.07 Å². The average Bonchev–Trinajstić information content (AvgIpc) is 3.14. The van der Waals surface area contributed by atoms with E-state index in [-0.39, 0.29) is 5.56 Å². The number of carbonyl (C=O) groups excluding carboxylic acids is 1. The molecule has 0 atom stereocenters. The first kappa shape index (κ1) is 16.5. The molecule has 0 aliphatic rings. The molecule has 134 valence electrons. The molecule has 0 radical (unpaired) electrons. The lowest BCUT2D eigenvalue weighted by atomic mass is 10.1. The van der Waals surface area contributed by atoms with Gasteiger partial charge in [0.25, 0.3) is 5.56 Å². The van der Waals surface area contributed by atoms with Gasteiger partial charge in [0.2, 0.25) is 0 Å². The molecule has 0 spiro atoms. The number of aromatic nitrogens is 4. The molecule has 27 heavy (non-hydrogen) atoms. The fourth-order valence-corrected chi connectivity index (χ4v) is 2.69. The summed E-state index contributed by atoms with van der Waals surface area (Å²) in [5.74, 6) is 0.395. The normalized spacial score (nSPS) is 10.7. The van der Waals surface area contributed by atoms with Gasteiger partial charge in [0.15, 0.2) is 5.65 Å². The van der Waals surface area contributed by atoms with Crippen molar-refractivity contribution >= 4 is 11.7 Å². The lowest BCUT2D eigenvalue weighted by Gasteiger charge is -2.05. The fourth-order valence-electron chi connectivity index (χ4n) is 2.69. The Morgan fingerprint density at radius 2 is 1.96 bits per heavy atom. The molecule has 1 aromatic carbocycles. The van der Waals surface area contributed by atoms with E-state index in [2.05, 4.69) is 20.4 Å². The molecule has 8 heteroatoms. The maximum absolute atomic E-state index is 12.5. The Bertz CT molecular complexity index is 1160. The quantitative estimate of drug-likeness (QED) is 0.584. The Balaban J connectivity index is 1.77. The zero-order valence-electron chi connectivity index (χ0n) is 14.3. The van der Waals surface area contributed by atoms with Crippen molar-refractivity contribution in [3.63, 3.8) is 0 Å². The van der Waals surface area contributed by atoms with Crippen LogP contribution in [0.15, 0.2) is 65.7 Å². The van der Waals surface area contributed by atoms with Crippen LogP contribution in [0.1, 0.15) is 0 Å². The largest absolute Gasteiger partial charge is 0.412 e. The van der Waals surface area contributed by atoms with Crippen molar-refractivity contribution in [2.75, 3.05) is 7.05 Å². The van der Waals surface area contributed by atoms with Crippen molar-refractivity contribution in [2.45, 2.75) is 0 Å². The number of carbonyl (C=O) groups is 1. The molecule has 0 saturated carbocycles. The third kappa shape index (κ3) is 3.15. The molecule has 0 unspecified atom stereocenters. The maximum atomic E-state index is 12.5. The van der Waals surface area contributed by atoms with Crippen molar-refractivity contribution in [2.24, 2.45) is 0 Å². The topological polar surface area (TPSA) is 101 Å². The SMILES string of the molecule is CNC(=O)Oc1ccc(-c2cc(=O)n3[nH]cc(-c4ccccn4)c3n2)cc1. The molecule has 4 aromatic rings. The van der Waals surface area contributed by atoms with Gasteiger partial charge in [-0.3, -0.25) is 14.9 Å². The van der Waals surface area contributed by atoms with E-state index in [1.54, 1.807) is 36.7 Å². The molecule has 8 nitrogen and oxygen atoms in total. The number of aromatic amines is 1. The Morgan fingerprint density at radius 1 is 1.15 bits per heavy atom. The van der Waals surface area contributed by atoms with Gasteiger partial charge in [-0.25, -0.2) is 14.3 Å². The molecular formula is C19H15N5O3. The first-order valence-corrected chi connectivity index (χ1v) is 8.18. The Kier molecular flexibility index (Phi) is 4.13. The van der Waals surface area contributed by atoms with Crippen LogP contribution in [0.4, 0.5) is 4.79 Å². The van der Waals surface area contributed by atoms with Crippen LogP contribution in [0.5, 0.6) is 5.75 Å². The predicted octanol–water partition coefficient (Wildman–Crippen LogP) is 2.47. The summed E-state index contributed by atoms with van der Waals surface area (Å²) in [6.45, 7) is 0. The number of ether oxygens (including phenoxy) is 1. The lowest BCUT2D eigenvalue weighted by molar-refractivity contribution is 0.203. The minimum atomic E-state index is -0.548. The fraction of sp³-hybridized carbons (Fsp3) is 0.0526. The molecule has 4 rings (SSSR count). The van der Waals surface area contributed by atoms with Gasteiger partial charge < -0.3 is 10.1 Å². The Labute approximate surface area is 153 Å². The van der Waals surface area contributed by atoms with E-state index in [0.29, 0.717) is 17.1 Å². The van der Waals surface area contributed by atoms with Gasteiger partial charge in [0.1, 0.15) is 5.75 Å². The Hall–Kier alpha value is -3.94. The number of nitrogens with one attached hydrogen (secondary N) is 2. The molecular weight excluding hydrogens is 346 g/mol. The minimum absolute atomic E-state index is 0.233. The summed E-state index contributed by atoms with van der Waals surface area (Å²) in [5, 5.41) is 5.29. The average molecular weight is 361 g/mol. The molecule has 0 aliphatic carbocycles. The van der Waals surface area contributed by atoms with Crippen molar-refractivity contribution in [1.82, 2.24) is 24.9 Å². The number of hydrogen-bond donors (Lipinski definition) is 2. The smallest absolute Gasteiger partial charge is 0.410 e. The molecule has 2 N–H and O–H groups in total. The van der Waals surface area contributed by atoms with E-state index in [9.17, 15) is 9.59 Å². The standard InChI is InChI=1S/C19H15N5O3/c1-20-19(26)27-13-7-5-12(6-8-13)16-10-17(25)24-18(23-16)14(11-22-24)15-4-2-3-9-21-15/h2-11,22H,1H3,(H,20,26). The van der Waals surface area contributed by atoms with Gasteiger partial charge >= 0.3 is 6.09 Å². The summed E-state index contributed by atoms with van der Waals surface area (Å²) in [6.07, 6.45) is 2.84. The maximum Gasteiger partial charge on any atom is 0.412 e. The van der Waals surface area contributed by atoms with Gasteiger partial charge in [-0.15, -0.1) is 0 Å². The zero-order chi connectivity index (χ0) is 18.8. The van der Waals surface area contributed by atoms with E-state index < -0.39 is 6.09 Å². The van der Waals surface area contributed by atoms with Crippen LogP contribution in [0.2, 0.25) is 0 Å². The van der Waals surface area contributed by atoms with Crippen LogP contribution in [0.3, 0.4) is 0 Å². The molecule has 0 bridgehead atoms. The highest BCUT2D eigenvalue weighted by Crippen LogP contribution is 2.24. The Morgan fingerprint density at radius 3 is 2.67 bits per heavy atom. The zero-order valence-corrected chi connectivity index (χ0v) is 14.3. The second kappa shape index (κ2) is 6.75. The van der Waals surface area contributed by atoms with Crippen molar-refractivity contribution in [3.8, 4) is 28.3 Å². The van der Waals surface area contributed by atoms with Crippen molar-refractivity contribution in [1.29, 1.82) is 0 Å². The highest BCUT2D eigenvalue weighted by molar-refractivity contribution is 5.76. The van der Waals surface area contributed by atoms with Crippen LogP contribution in [0.25, 0.3) is 28.2 Å².